The van der Waals surface area contributed by atoms with Gasteiger partial charge < -0.3 is 18.9 Å². The third-order valence-electron chi connectivity index (χ3n) is 7.21. The number of benzene rings is 3. The second kappa shape index (κ2) is 13.2. The van der Waals surface area contributed by atoms with Gasteiger partial charge >= 0.3 is 6.16 Å². The fraction of sp³-hybridized carbons (Fsp3) is 0.371. The zero-order valence-corrected chi connectivity index (χ0v) is 26.3. The quantitative estimate of drug-likeness (QED) is 0.103. The molecule has 0 spiro atoms. The molecule has 0 N–H and O–H groups in total. The normalized spacial score (nSPS) is 15.4. The average molecular weight is 602 g/mol. The van der Waals surface area contributed by atoms with Crippen molar-refractivity contribution in [1.82, 2.24) is 4.90 Å². The van der Waals surface area contributed by atoms with Gasteiger partial charge in [0.2, 0.25) is 0 Å². The van der Waals surface area contributed by atoms with Crippen molar-refractivity contribution < 1.29 is 28.5 Å². The van der Waals surface area contributed by atoms with Crippen LogP contribution in [0.1, 0.15) is 57.0 Å². The van der Waals surface area contributed by atoms with Crippen molar-refractivity contribution in [2.75, 3.05) is 32.8 Å². The van der Waals surface area contributed by atoms with Crippen LogP contribution in [-0.4, -0.2) is 55.3 Å². The number of hydrogen-bond donors (Lipinski definition) is 0. The molecule has 7 nitrogen and oxygen atoms in total. The number of carbonyl (C=O) groups is 2. The molecule has 2 heterocycles. The van der Waals surface area contributed by atoms with Crippen LogP contribution in [-0.2, 0) is 4.74 Å². The molecule has 43 heavy (non-hydrogen) atoms. The van der Waals surface area contributed by atoms with Crippen molar-refractivity contribution in [3.8, 4) is 27.7 Å². The van der Waals surface area contributed by atoms with Crippen molar-refractivity contribution >= 4 is 33.4 Å². The Morgan fingerprint density at radius 1 is 0.930 bits per heavy atom. The lowest BCUT2D eigenvalue weighted by molar-refractivity contribution is 0.0206. The third kappa shape index (κ3) is 7.75. The Morgan fingerprint density at radius 3 is 2.28 bits per heavy atom. The van der Waals surface area contributed by atoms with Crippen LogP contribution in [0.3, 0.4) is 0 Å². The van der Waals surface area contributed by atoms with Crippen molar-refractivity contribution in [2.24, 2.45) is 5.92 Å². The van der Waals surface area contributed by atoms with E-state index in [2.05, 4.69) is 11.8 Å². The van der Waals surface area contributed by atoms with Crippen molar-refractivity contribution in [2.45, 2.75) is 46.6 Å². The largest absolute Gasteiger partial charge is 0.514 e. The van der Waals surface area contributed by atoms with E-state index < -0.39 is 11.8 Å². The number of fused-ring (bicyclic) bond motifs is 1. The SMILES string of the molecule is CCOc1ccc2c(C(=O)c3ccc(OCCN4CCC(C)C4)cc3)c(-c3ccc(OC(=O)OC(C)(C)C)cc3)sc2c1. The minimum absolute atomic E-state index is 0.0721. The minimum atomic E-state index is -0.764. The molecule has 226 valence electrons. The van der Waals surface area contributed by atoms with Gasteiger partial charge in [0, 0.05) is 39.2 Å². The average Bonchev–Trinajstić information content (AvgIpc) is 3.55. The van der Waals surface area contributed by atoms with Crippen LogP contribution in [0.5, 0.6) is 17.2 Å². The van der Waals surface area contributed by atoms with Crippen LogP contribution in [0.2, 0.25) is 0 Å². The van der Waals surface area contributed by atoms with E-state index in [1.54, 1.807) is 32.9 Å². The highest BCUT2D eigenvalue weighted by molar-refractivity contribution is 7.22. The van der Waals surface area contributed by atoms with Gasteiger partial charge in [-0.1, -0.05) is 6.92 Å². The number of nitrogens with zero attached hydrogens (tertiary/aromatic N) is 1. The molecule has 0 saturated carbocycles. The highest BCUT2D eigenvalue weighted by Gasteiger charge is 2.23. The summed E-state index contributed by atoms with van der Waals surface area (Å²) in [4.78, 5) is 29.4. The van der Waals surface area contributed by atoms with Crippen LogP contribution in [0.4, 0.5) is 4.79 Å². The summed E-state index contributed by atoms with van der Waals surface area (Å²) in [6.07, 6.45) is 0.479. The van der Waals surface area contributed by atoms with Crippen LogP contribution in [0, 0.1) is 5.92 Å². The maximum absolute atomic E-state index is 14.0. The Morgan fingerprint density at radius 2 is 1.63 bits per heavy atom. The number of likely N-dealkylation sites (tertiary alicyclic amines) is 1. The molecule has 1 unspecified atom stereocenters. The summed E-state index contributed by atoms with van der Waals surface area (Å²) in [7, 11) is 0. The summed E-state index contributed by atoms with van der Waals surface area (Å²) in [5, 5.41) is 0.864. The monoisotopic (exact) mass is 601 g/mol. The maximum atomic E-state index is 14.0. The Labute approximate surface area is 257 Å². The van der Waals surface area contributed by atoms with E-state index in [4.69, 9.17) is 18.9 Å². The van der Waals surface area contributed by atoms with Crippen molar-refractivity contribution in [1.29, 1.82) is 0 Å². The molecular weight excluding hydrogens is 562 g/mol. The summed E-state index contributed by atoms with van der Waals surface area (Å²) >= 11 is 1.53. The van der Waals surface area contributed by atoms with Gasteiger partial charge in [-0.25, -0.2) is 4.79 Å². The molecule has 1 aromatic heterocycles. The van der Waals surface area contributed by atoms with Gasteiger partial charge in [0.05, 0.1) is 6.61 Å². The second-order valence-corrected chi connectivity index (χ2v) is 12.9. The molecule has 1 aliphatic heterocycles. The standard InChI is InChI=1S/C35H39NO6S/c1-6-39-28-15-16-29-30(21-28)43-33(25-9-13-27(14-10-25)41-34(38)42-35(3,4)5)31(29)32(37)24-7-11-26(12-8-24)40-20-19-36-18-17-23(2)22-36/h7-16,21,23H,6,17-20,22H2,1-5H3. The highest BCUT2D eigenvalue weighted by Crippen LogP contribution is 2.42. The topological polar surface area (TPSA) is 74.3 Å². The van der Waals surface area contributed by atoms with Gasteiger partial charge in [-0.05, 0) is 119 Å². The second-order valence-electron chi connectivity index (χ2n) is 11.9. The lowest BCUT2D eigenvalue weighted by Crippen LogP contribution is -2.25. The van der Waals surface area contributed by atoms with E-state index in [1.165, 1.54) is 17.8 Å². The van der Waals surface area contributed by atoms with Gasteiger partial charge in [0.25, 0.3) is 0 Å². The van der Waals surface area contributed by atoms with Gasteiger partial charge in [0.15, 0.2) is 5.78 Å². The van der Waals surface area contributed by atoms with Crippen molar-refractivity contribution in [3.05, 3.63) is 77.9 Å². The summed E-state index contributed by atoms with van der Waals surface area (Å²) in [5.74, 6) is 2.55. The molecule has 0 amide bonds. The van der Waals surface area contributed by atoms with Gasteiger partial charge in [0.1, 0.15) is 29.5 Å². The summed E-state index contributed by atoms with van der Waals surface area (Å²) in [6.45, 7) is 13.9. The molecule has 1 atom stereocenters. The smallest absolute Gasteiger partial charge is 0.494 e. The van der Waals surface area contributed by atoms with Gasteiger partial charge in [-0.3, -0.25) is 9.69 Å². The van der Waals surface area contributed by atoms with E-state index in [9.17, 15) is 9.59 Å². The molecular formula is C35H39NO6S. The number of ether oxygens (including phenoxy) is 4. The van der Waals surface area contributed by atoms with E-state index >= 15 is 0 Å². The number of rotatable bonds is 10. The maximum Gasteiger partial charge on any atom is 0.514 e. The third-order valence-corrected chi connectivity index (χ3v) is 8.41. The van der Waals surface area contributed by atoms with Crippen LogP contribution in [0.25, 0.3) is 20.5 Å². The lowest BCUT2D eigenvalue weighted by Gasteiger charge is -2.18. The number of ketones is 1. The highest BCUT2D eigenvalue weighted by atomic mass is 32.1. The molecule has 1 fully saturated rings. The Bertz CT molecular complexity index is 1570. The molecule has 5 rings (SSSR count). The predicted molar refractivity (Wildman–Crippen MR) is 171 cm³/mol. The fourth-order valence-electron chi connectivity index (χ4n) is 5.17. The Kier molecular flexibility index (Phi) is 9.37. The molecule has 3 aromatic carbocycles. The van der Waals surface area contributed by atoms with Crippen molar-refractivity contribution in [3.63, 3.8) is 0 Å². The van der Waals surface area contributed by atoms with E-state index in [-0.39, 0.29) is 5.78 Å². The van der Waals surface area contributed by atoms with Crippen LogP contribution in [0.15, 0.2) is 66.7 Å². The summed E-state index contributed by atoms with van der Waals surface area (Å²) in [5.41, 5.74) is 1.40. The first-order chi connectivity index (χ1) is 20.6. The summed E-state index contributed by atoms with van der Waals surface area (Å²) in [6, 6.07) is 20.3. The van der Waals surface area contributed by atoms with Crippen LogP contribution >= 0.6 is 11.3 Å². The minimum Gasteiger partial charge on any atom is -0.494 e. The Balaban J connectivity index is 1.38. The zero-order chi connectivity index (χ0) is 30.6. The van der Waals surface area contributed by atoms with E-state index in [1.807, 2.05) is 61.5 Å². The molecule has 1 aliphatic rings. The fourth-order valence-corrected chi connectivity index (χ4v) is 6.41. The number of thiophene rings is 1. The first-order valence-corrected chi connectivity index (χ1v) is 15.6. The molecule has 8 heteroatoms. The number of hydrogen-bond acceptors (Lipinski definition) is 8. The van der Waals surface area contributed by atoms with E-state index in [0.29, 0.717) is 30.1 Å². The molecule has 1 saturated heterocycles. The Hall–Kier alpha value is -3.88. The molecule has 0 radical (unpaired) electrons. The predicted octanol–water partition coefficient (Wildman–Crippen LogP) is 8.23. The molecule has 0 aliphatic carbocycles. The number of carbonyl (C=O) groups excluding carboxylic acids is 2. The van der Waals surface area contributed by atoms with Crippen LogP contribution < -0.4 is 14.2 Å². The first kappa shape index (κ1) is 30.6. The summed E-state index contributed by atoms with van der Waals surface area (Å²) < 4.78 is 23.3. The lowest BCUT2D eigenvalue weighted by atomic mass is 9.97. The molecule has 0 bridgehead atoms. The molecule has 4 aromatic rings. The first-order valence-electron chi connectivity index (χ1n) is 14.8. The zero-order valence-electron chi connectivity index (χ0n) is 25.5. The van der Waals surface area contributed by atoms with Gasteiger partial charge in [-0.15, -0.1) is 11.3 Å². The van der Waals surface area contributed by atoms with E-state index in [0.717, 1.165) is 57.6 Å². The van der Waals surface area contributed by atoms with Gasteiger partial charge in [-0.2, -0.15) is 0 Å².